The third kappa shape index (κ3) is 3.16. The Morgan fingerprint density at radius 2 is 2.21 bits per heavy atom. The quantitative estimate of drug-likeness (QED) is 0.654. The highest BCUT2D eigenvalue weighted by atomic mass is 32.2. The maximum Gasteiger partial charge on any atom is 0.236 e. The molecular weight excluding hydrogens is 260 g/mol. The molecule has 4 nitrogen and oxygen atoms in total. The zero-order valence-corrected chi connectivity index (χ0v) is 11.8. The van der Waals surface area contributed by atoms with Crippen molar-refractivity contribution >= 4 is 29.1 Å². The van der Waals surface area contributed by atoms with E-state index >= 15 is 0 Å². The van der Waals surface area contributed by atoms with Crippen LogP contribution < -0.4 is 10.6 Å². The molecule has 1 aromatic rings. The van der Waals surface area contributed by atoms with Crippen molar-refractivity contribution in [2.45, 2.75) is 13.3 Å². The van der Waals surface area contributed by atoms with E-state index in [9.17, 15) is 9.59 Å². The standard InChI is InChI=1S/C14H18N2O2S/c1-10(17)11-2-3-13-12(8-11)4-6-16(13)14(18)9-19-7-5-15/h2-3,8H,4-7,9,15H2,1H3. The van der Waals surface area contributed by atoms with Gasteiger partial charge in [-0.1, -0.05) is 0 Å². The van der Waals surface area contributed by atoms with Gasteiger partial charge in [0.2, 0.25) is 5.91 Å². The molecular formula is C14H18N2O2S. The fourth-order valence-electron chi connectivity index (χ4n) is 2.20. The summed E-state index contributed by atoms with van der Waals surface area (Å²) in [6.45, 7) is 2.86. The number of carbonyl (C=O) groups excluding carboxylic acids is 2. The van der Waals surface area contributed by atoms with Crippen molar-refractivity contribution in [1.82, 2.24) is 0 Å². The zero-order chi connectivity index (χ0) is 13.8. The molecule has 2 N–H and O–H groups in total. The SMILES string of the molecule is CC(=O)c1ccc2c(c1)CCN2C(=O)CSCCN. The summed E-state index contributed by atoms with van der Waals surface area (Å²) in [5, 5.41) is 0. The van der Waals surface area contributed by atoms with Crippen molar-refractivity contribution < 1.29 is 9.59 Å². The molecule has 5 heteroatoms. The first-order chi connectivity index (χ1) is 9.13. The number of hydrogen-bond acceptors (Lipinski definition) is 4. The number of ketones is 1. The third-order valence-corrected chi connectivity index (χ3v) is 4.15. The second kappa shape index (κ2) is 6.21. The summed E-state index contributed by atoms with van der Waals surface area (Å²) in [5.41, 5.74) is 8.16. The Bertz CT molecular complexity index is 502. The number of benzene rings is 1. The van der Waals surface area contributed by atoms with E-state index in [1.807, 2.05) is 17.0 Å². The molecule has 1 aliphatic rings. The van der Waals surface area contributed by atoms with E-state index in [1.54, 1.807) is 24.8 Å². The van der Waals surface area contributed by atoms with Gasteiger partial charge in [0.1, 0.15) is 0 Å². The minimum atomic E-state index is 0.0612. The number of amides is 1. The van der Waals surface area contributed by atoms with Gasteiger partial charge in [-0.3, -0.25) is 9.59 Å². The van der Waals surface area contributed by atoms with Crippen LogP contribution in [0.1, 0.15) is 22.8 Å². The topological polar surface area (TPSA) is 63.4 Å². The summed E-state index contributed by atoms with van der Waals surface area (Å²) in [4.78, 5) is 25.2. The first-order valence-corrected chi connectivity index (χ1v) is 7.51. The number of nitrogens with two attached hydrogens (primary N) is 1. The molecule has 1 aliphatic heterocycles. The maximum absolute atomic E-state index is 12.1. The predicted octanol–water partition coefficient (Wildman–Crippen LogP) is 1.47. The fraction of sp³-hybridized carbons (Fsp3) is 0.429. The predicted molar refractivity (Wildman–Crippen MR) is 78.9 cm³/mol. The molecule has 2 rings (SSSR count). The normalized spacial score (nSPS) is 13.5. The van der Waals surface area contributed by atoms with E-state index in [0.29, 0.717) is 24.4 Å². The van der Waals surface area contributed by atoms with Gasteiger partial charge in [0.25, 0.3) is 0 Å². The van der Waals surface area contributed by atoms with E-state index in [0.717, 1.165) is 23.4 Å². The molecule has 0 spiro atoms. The number of thioether (sulfide) groups is 1. The van der Waals surface area contributed by atoms with Crippen LogP contribution in [-0.4, -0.2) is 36.3 Å². The lowest BCUT2D eigenvalue weighted by atomic mass is 10.1. The number of Topliss-reactive ketones (excluding diaryl/α,β-unsaturated/α-hetero) is 1. The Labute approximate surface area is 117 Å². The smallest absolute Gasteiger partial charge is 0.236 e. The Hall–Kier alpha value is -1.33. The van der Waals surface area contributed by atoms with E-state index in [4.69, 9.17) is 5.73 Å². The molecule has 19 heavy (non-hydrogen) atoms. The van der Waals surface area contributed by atoms with Crippen LogP contribution in [0.3, 0.4) is 0 Å². The van der Waals surface area contributed by atoms with Crippen molar-refractivity contribution in [3.05, 3.63) is 29.3 Å². The summed E-state index contributed by atoms with van der Waals surface area (Å²) in [6.07, 6.45) is 0.823. The molecule has 1 heterocycles. The number of nitrogens with zero attached hydrogens (tertiary/aromatic N) is 1. The maximum atomic E-state index is 12.1. The molecule has 0 bridgehead atoms. The van der Waals surface area contributed by atoms with Crippen LogP contribution in [0.25, 0.3) is 0 Å². The van der Waals surface area contributed by atoms with Crippen LogP contribution >= 0.6 is 11.8 Å². The molecule has 0 atom stereocenters. The lowest BCUT2D eigenvalue weighted by molar-refractivity contribution is -0.116. The van der Waals surface area contributed by atoms with Crippen LogP contribution in [-0.2, 0) is 11.2 Å². The number of hydrogen-bond donors (Lipinski definition) is 1. The van der Waals surface area contributed by atoms with Gasteiger partial charge < -0.3 is 10.6 Å². The number of carbonyl (C=O) groups is 2. The van der Waals surface area contributed by atoms with Gasteiger partial charge in [-0.25, -0.2) is 0 Å². The third-order valence-electron chi connectivity index (χ3n) is 3.17. The van der Waals surface area contributed by atoms with Crippen molar-refractivity contribution in [2.75, 3.05) is 29.5 Å². The lowest BCUT2D eigenvalue weighted by Crippen LogP contribution is -2.30. The molecule has 0 unspecified atom stereocenters. The molecule has 1 aromatic carbocycles. The molecule has 0 radical (unpaired) electrons. The van der Waals surface area contributed by atoms with E-state index in [-0.39, 0.29) is 11.7 Å². The minimum absolute atomic E-state index is 0.0612. The Kier molecular flexibility index (Phi) is 4.61. The highest BCUT2D eigenvalue weighted by Gasteiger charge is 2.24. The number of anilines is 1. The highest BCUT2D eigenvalue weighted by molar-refractivity contribution is 7.99. The van der Waals surface area contributed by atoms with Gasteiger partial charge in [-0.05, 0) is 37.1 Å². The summed E-state index contributed by atoms with van der Waals surface area (Å²) in [6, 6.07) is 5.57. The van der Waals surface area contributed by atoms with Crippen LogP contribution in [0.2, 0.25) is 0 Å². The highest BCUT2D eigenvalue weighted by Crippen LogP contribution is 2.29. The van der Waals surface area contributed by atoms with Crippen molar-refractivity contribution in [1.29, 1.82) is 0 Å². The fourth-order valence-corrected chi connectivity index (χ4v) is 2.84. The molecule has 0 aliphatic carbocycles. The van der Waals surface area contributed by atoms with Gasteiger partial charge in [0.05, 0.1) is 5.75 Å². The number of rotatable bonds is 5. The lowest BCUT2D eigenvalue weighted by Gasteiger charge is -2.17. The van der Waals surface area contributed by atoms with E-state index in [2.05, 4.69) is 0 Å². The van der Waals surface area contributed by atoms with E-state index < -0.39 is 0 Å². The van der Waals surface area contributed by atoms with Crippen LogP contribution in [0.4, 0.5) is 5.69 Å². The zero-order valence-electron chi connectivity index (χ0n) is 11.0. The molecule has 0 saturated carbocycles. The van der Waals surface area contributed by atoms with Crippen molar-refractivity contribution in [2.24, 2.45) is 5.73 Å². The van der Waals surface area contributed by atoms with Crippen LogP contribution in [0.5, 0.6) is 0 Å². The molecule has 102 valence electrons. The van der Waals surface area contributed by atoms with Gasteiger partial charge in [-0.15, -0.1) is 0 Å². The van der Waals surface area contributed by atoms with Gasteiger partial charge in [-0.2, -0.15) is 11.8 Å². The average Bonchev–Trinajstić information content (AvgIpc) is 2.81. The molecule has 1 amide bonds. The molecule has 0 fully saturated rings. The Morgan fingerprint density at radius 3 is 2.89 bits per heavy atom. The summed E-state index contributed by atoms with van der Waals surface area (Å²) < 4.78 is 0. The average molecular weight is 278 g/mol. The number of fused-ring (bicyclic) bond motifs is 1. The van der Waals surface area contributed by atoms with Crippen molar-refractivity contribution in [3.8, 4) is 0 Å². The minimum Gasteiger partial charge on any atom is -0.330 e. The first-order valence-electron chi connectivity index (χ1n) is 6.35. The van der Waals surface area contributed by atoms with Crippen molar-refractivity contribution in [3.63, 3.8) is 0 Å². The van der Waals surface area contributed by atoms with Gasteiger partial charge in [0.15, 0.2) is 5.78 Å². The monoisotopic (exact) mass is 278 g/mol. The second-order valence-electron chi connectivity index (χ2n) is 4.54. The second-order valence-corrected chi connectivity index (χ2v) is 5.64. The Morgan fingerprint density at radius 1 is 1.42 bits per heavy atom. The van der Waals surface area contributed by atoms with Gasteiger partial charge in [0, 0.05) is 30.1 Å². The summed E-state index contributed by atoms with van der Waals surface area (Å²) in [5.74, 6) is 1.44. The largest absolute Gasteiger partial charge is 0.330 e. The first kappa shape index (κ1) is 14.1. The Balaban J connectivity index is 2.09. The van der Waals surface area contributed by atoms with Gasteiger partial charge >= 0.3 is 0 Å². The van der Waals surface area contributed by atoms with Crippen LogP contribution in [0, 0.1) is 0 Å². The molecule has 0 saturated heterocycles. The van der Waals surface area contributed by atoms with Crippen LogP contribution in [0.15, 0.2) is 18.2 Å². The summed E-state index contributed by atoms with van der Waals surface area (Å²) in [7, 11) is 0. The van der Waals surface area contributed by atoms with E-state index in [1.165, 1.54) is 0 Å². The summed E-state index contributed by atoms with van der Waals surface area (Å²) >= 11 is 1.56. The molecule has 0 aromatic heterocycles.